The van der Waals surface area contributed by atoms with Crippen molar-refractivity contribution in [3.05, 3.63) is 34.9 Å². The molecular weight excluding hydrogens is 256 g/mol. The van der Waals surface area contributed by atoms with Crippen LogP contribution in [-0.2, 0) is 0 Å². The molecule has 0 radical (unpaired) electrons. The summed E-state index contributed by atoms with van der Waals surface area (Å²) in [6.07, 6.45) is 0.527. The van der Waals surface area contributed by atoms with Crippen LogP contribution in [0.4, 0.5) is 0 Å². The molecule has 0 saturated heterocycles. The second-order valence-corrected chi connectivity index (χ2v) is 4.51. The topological polar surface area (TPSA) is 46.3 Å². The summed E-state index contributed by atoms with van der Waals surface area (Å²) in [6, 6.07) is 7.01. The highest BCUT2D eigenvalue weighted by atomic mass is 35.5. The third kappa shape index (κ3) is 3.98. The Morgan fingerprint density at radius 3 is 2.65 bits per heavy atom. The van der Waals surface area contributed by atoms with Crippen LogP contribution in [0, 0.1) is 0 Å². The van der Waals surface area contributed by atoms with E-state index in [1.54, 1.807) is 29.2 Å². The number of carbonyl (C=O) groups excluding carboxylic acids is 1. The van der Waals surface area contributed by atoms with Gasteiger partial charge < -0.3 is 10.6 Å². The monoisotopic (exact) mass is 270 g/mol. The van der Waals surface area contributed by atoms with Gasteiger partial charge in [-0.15, -0.1) is 0 Å². The van der Waals surface area contributed by atoms with Crippen molar-refractivity contribution in [2.45, 2.75) is 13.3 Å². The summed E-state index contributed by atoms with van der Waals surface area (Å²) in [5.41, 5.74) is 5.94. The summed E-state index contributed by atoms with van der Waals surface area (Å²) in [4.78, 5) is 14.3. The van der Waals surface area contributed by atoms with E-state index >= 15 is 0 Å². The first-order valence-corrected chi connectivity index (χ1v) is 6.17. The van der Waals surface area contributed by atoms with Crippen LogP contribution in [0.2, 0.25) is 5.02 Å². The van der Waals surface area contributed by atoms with Crippen LogP contribution >= 0.6 is 23.8 Å². The van der Waals surface area contributed by atoms with E-state index < -0.39 is 0 Å². The van der Waals surface area contributed by atoms with Crippen molar-refractivity contribution in [2.75, 3.05) is 13.1 Å². The molecule has 0 aliphatic rings. The van der Waals surface area contributed by atoms with Crippen LogP contribution < -0.4 is 5.73 Å². The molecule has 0 spiro atoms. The standard InChI is InChI=1S/C12H15ClN2OS/c1-2-15(8-7-11(14)17)12(16)9-5-3-4-6-10(9)13/h3-6H,2,7-8H2,1H3,(H2,14,17). The van der Waals surface area contributed by atoms with Gasteiger partial charge in [0.1, 0.15) is 0 Å². The molecule has 1 rings (SSSR count). The quantitative estimate of drug-likeness (QED) is 0.836. The molecule has 1 amide bonds. The lowest BCUT2D eigenvalue weighted by atomic mass is 10.2. The average Bonchev–Trinajstić information content (AvgIpc) is 2.29. The molecule has 92 valence electrons. The highest BCUT2D eigenvalue weighted by Gasteiger charge is 2.16. The van der Waals surface area contributed by atoms with Gasteiger partial charge in [0, 0.05) is 19.5 Å². The fraction of sp³-hybridized carbons (Fsp3) is 0.333. The predicted molar refractivity (Wildman–Crippen MR) is 74.4 cm³/mol. The van der Waals surface area contributed by atoms with Gasteiger partial charge in [0.2, 0.25) is 0 Å². The van der Waals surface area contributed by atoms with Crippen molar-refractivity contribution in [3.8, 4) is 0 Å². The van der Waals surface area contributed by atoms with E-state index in [2.05, 4.69) is 0 Å². The Hall–Kier alpha value is -1.13. The van der Waals surface area contributed by atoms with Gasteiger partial charge in [0.15, 0.2) is 0 Å². The van der Waals surface area contributed by atoms with E-state index in [0.717, 1.165) is 0 Å². The number of amides is 1. The molecule has 0 aliphatic heterocycles. The molecule has 0 heterocycles. The Balaban J connectivity index is 2.79. The molecule has 0 atom stereocenters. The van der Waals surface area contributed by atoms with Crippen molar-refractivity contribution in [3.63, 3.8) is 0 Å². The predicted octanol–water partition coefficient (Wildman–Crippen LogP) is 2.48. The molecule has 1 aromatic rings. The molecule has 0 aromatic heterocycles. The lowest BCUT2D eigenvalue weighted by Gasteiger charge is -2.21. The van der Waals surface area contributed by atoms with E-state index in [-0.39, 0.29) is 5.91 Å². The fourth-order valence-electron chi connectivity index (χ4n) is 1.45. The fourth-order valence-corrected chi connectivity index (χ4v) is 1.76. The SMILES string of the molecule is CCN(CCC(N)=S)C(=O)c1ccccc1Cl. The molecule has 0 saturated carbocycles. The lowest BCUT2D eigenvalue weighted by Crippen LogP contribution is -2.33. The van der Waals surface area contributed by atoms with E-state index in [1.165, 1.54) is 0 Å². The third-order valence-corrected chi connectivity index (χ3v) is 2.94. The Labute approximate surface area is 112 Å². The van der Waals surface area contributed by atoms with Crippen LogP contribution in [-0.4, -0.2) is 28.9 Å². The van der Waals surface area contributed by atoms with E-state index in [4.69, 9.17) is 29.6 Å². The molecule has 1 aromatic carbocycles. The summed E-state index contributed by atoms with van der Waals surface area (Å²) >= 11 is 10.8. The molecule has 0 fully saturated rings. The van der Waals surface area contributed by atoms with Crippen molar-refractivity contribution >= 4 is 34.7 Å². The zero-order valence-electron chi connectivity index (χ0n) is 9.65. The number of halogens is 1. The number of carbonyl (C=O) groups is 1. The van der Waals surface area contributed by atoms with Crippen molar-refractivity contribution < 1.29 is 4.79 Å². The maximum Gasteiger partial charge on any atom is 0.255 e. The minimum atomic E-state index is -0.0886. The van der Waals surface area contributed by atoms with Crippen molar-refractivity contribution in [2.24, 2.45) is 5.73 Å². The first-order valence-electron chi connectivity index (χ1n) is 5.38. The molecule has 0 bridgehead atoms. The second-order valence-electron chi connectivity index (χ2n) is 3.58. The minimum Gasteiger partial charge on any atom is -0.393 e. The molecule has 0 unspecified atom stereocenters. The van der Waals surface area contributed by atoms with Gasteiger partial charge in [-0.2, -0.15) is 0 Å². The van der Waals surface area contributed by atoms with Gasteiger partial charge in [-0.25, -0.2) is 0 Å². The normalized spacial score (nSPS) is 10.0. The van der Waals surface area contributed by atoms with Crippen molar-refractivity contribution in [1.29, 1.82) is 0 Å². The number of rotatable bonds is 5. The Morgan fingerprint density at radius 1 is 1.47 bits per heavy atom. The second kappa shape index (κ2) is 6.57. The Kier molecular flexibility index (Phi) is 5.38. The highest BCUT2D eigenvalue weighted by Crippen LogP contribution is 2.17. The average molecular weight is 271 g/mol. The zero-order chi connectivity index (χ0) is 12.8. The zero-order valence-corrected chi connectivity index (χ0v) is 11.2. The van der Waals surface area contributed by atoms with E-state index in [1.807, 2.05) is 6.92 Å². The Bertz CT molecular complexity index is 423. The van der Waals surface area contributed by atoms with Gasteiger partial charge in [-0.05, 0) is 19.1 Å². The van der Waals surface area contributed by atoms with Crippen molar-refractivity contribution in [1.82, 2.24) is 4.90 Å². The van der Waals surface area contributed by atoms with Gasteiger partial charge >= 0.3 is 0 Å². The lowest BCUT2D eigenvalue weighted by molar-refractivity contribution is 0.0769. The van der Waals surface area contributed by atoms with E-state index in [0.29, 0.717) is 35.1 Å². The Morgan fingerprint density at radius 2 is 2.12 bits per heavy atom. The maximum atomic E-state index is 12.2. The van der Waals surface area contributed by atoms with Crippen LogP contribution in [0.25, 0.3) is 0 Å². The molecule has 0 aliphatic carbocycles. The number of nitrogens with zero attached hydrogens (tertiary/aromatic N) is 1. The van der Waals surface area contributed by atoms with Crippen LogP contribution in [0.15, 0.2) is 24.3 Å². The minimum absolute atomic E-state index is 0.0886. The van der Waals surface area contributed by atoms with Gasteiger partial charge in [-0.3, -0.25) is 4.79 Å². The first kappa shape index (κ1) is 13.9. The molecule has 5 heteroatoms. The summed E-state index contributed by atoms with van der Waals surface area (Å²) in [7, 11) is 0. The number of thiocarbonyl (C=S) groups is 1. The van der Waals surface area contributed by atoms with Crippen LogP contribution in [0.3, 0.4) is 0 Å². The van der Waals surface area contributed by atoms with Crippen LogP contribution in [0.5, 0.6) is 0 Å². The summed E-state index contributed by atoms with van der Waals surface area (Å²) in [6.45, 7) is 3.04. The number of nitrogens with two attached hydrogens (primary N) is 1. The van der Waals surface area contributed by atoms with Gasteiger partial charge in [0.05, 0.1) is 15.6 Å². The molecule has 3 nitrogen and oxygen atoms in total. The van der Waals surface area contributed by atoms with Gasteiger partial charge in [-0.1, -0.05) is 36.0 Å². The molecule has 17 heavy (non-hydrogen) atoms. The largest absolute Gasteiger partial charge is 0.393 e. The number of hydrogen-bond donors (Lipinski definition) is 1. The number of hydrogen-bond acceptors (Lipinski definition) is 2. The molecular formula is C12H15ClN2OS. The van der Waals surface area contributed by atoms with Gasteiger partial charge in [0.25, 0.3) is 5.91 Å². The number of benzene rings is 1. The molecule has 2 N–H and O–H groups in total. The maximum absolute atomic E-state index is 12.2. The summed E-state index contributed by atoms with van der Waals surface area (Å²) < 4.78 is 0. The first-order chi connectivity index (χ1) is 8.06. The third-order valence-electron chi connectivity index (χ3n) is 2.40. The smallest absolute Gasteiger partial charge is 0.255 e. The van der Waals surface area contributed by atoms with Crippen LogP contribution in [0.1, 0.15) is 23.7 Å². The summed E-state index contributed by atoms with van der Waals surface area (Å²) in [5.74, 6) is -0.0886. The van der Waals surface area contributed by atoms with E-state index in [9.17, 15) is 4.79 Å². The highest BCUT2D eigenvalue weighted by molar-refractivity contribution is 7.80. The summed E-state index contributed by atoms with van der Waals surface area (Å²) in [5, 5.41) is 0.464.